The van der Waals surface area contributed by atoms with Gasteiger partial charge in [0.15, 0.2) is 0 Å². The third-order valence-electron chi connectivity index (χ3n) is 3.02. The zero-order chi connectivity index (χ0) is 12.6. The third kappa shape index (κ3) is 2.51. The van der Waals surface area contributed by atoms with Gasteiger partial charge in [0.25, 0.3) is 0 Å². The summed E-state index contributed by atoms with van der Waals surface area (Å²) in [5.41, 5.74) is -0.701. The van der Waals surface area contributed by atoms with Crippen LogP contribution in [0.4, 0.5) is 20.2 Å². The summed E-state index contributed by atoms with van der Waals surface area (Å²) in [4.78, 5) is 9.86. The number of hydrogen-bond acceptors (Lipinski definition) is 3. The van der Waals surface area contributed by atoms with Crippen molar-refractivity contribution in [3.8, 4) is 0 Å². The van der Waals surface area contributed by atoms with E-state index in [-0.39, 0.29) is 11.1 Å². The predicted octanol–water partition coefficient (Wildman–Crippen LogP) is 3.09. The van der Waals surface area contributed by atoms with Gasteiger partial charge in [0.05, 0.1) is 4.92 Å². The smallest absolute Gasteiger partial charge is 0.327 e. The van der Waals surface area contributed by atoms with Gasteiger partial charge in [0.1, 0.15) is 11.5 Å². The van der Waals surface area contributed by atoms with Gasteiger partial charge < -0.3 is 5.32 Å². The Bertz CT molecular complexity index is 473. The maximum absolute atomic E-state index is 13.3. The topological polar surface area (TPSA) is 55.2 Å². The molecule has 1 N–H and O–H groups in total. The Morgan fingerprint density at radius 3 is 2.65 bits per heavy atom. The molecule has 0 saturated heterocycles. The van der Waals surface area contributed by atoms with Gasteiger partial charge in [-0.3, -0.25) is 10.1 Å². The van der Waals surface area contributed by atoms with E-state index in [1.54, 1.807) is 0 Å². The van der Waals surface area contributed by atoms with Crippen LogP contribution in [0.5, 0.6) is 0 Å². The van der Waals surface area contributed by atoms with E-state index in [1.807, 2.05) is 6.92 Å². The highest BCUT2D eigenvalue weighted by Crippen LogP contribution is 2.45. The van der Waals surface area contributed by atoms with Crippen LogP contribution in [0.25, 0.3) is 0 Å². The second-order valence-corrected chi connectivity index (χ2v) is 4.71. The zero-order valence-corrected chi connectivity index (χ0v) is 9.30. The SMILES string of the molecule is CC1(CNc2cc(F)cc(F)c2[N+](=O)[O-])CC1. The molecule has 1 fully saturated rings. The van der Waals surface area contributed by atoms with Gasteiger partial charge in [0, 0.05) is 18.7 Å². The molecule has 1 aliphatic carbocycles. The summed E-state index contributed by atoms with van der Waals surface area (Å²) in [6.07, 6.45) is 2.04. The van der Waals surface area contributed by atoms with Gasteiger partial charge in [-0.25, -0.2) is 4.39 Å². The number of halogens is 2. The lowest BCUT2D eigenvalue weighted by atomic mass is 10.1. The van der Waals surface area contributed by atoms with Crippen LogP contribution in [0.1, 0.15) is 19.8 Å². The molecular formula is C11H12F2N2O2. The largest absolute Gasteiger partial charge is 0.379 e. The molecule has 4 nitrogen and oxygen atoms in total. The molecule has 92 valence electrons. The quantitative estimate of drug-likeness (QED) is 0.652. The van der Waals surface area contributed by atoms with Crippen LogP contribution < -0.4 is 5.32 Å². The number of nitrogens with zero attached hydrogens (tertiary/aromatic N) is 1. The predicted molar refractivity (Wildman–Crippen MR) is 58.8 cm³/mol. The van der Waals surface area contributed by atoms with E-state index in [1.165, 1.54) is 0 Å². The van der Waals surface area contributed by atoms with Crippen molar-refractivity contribution < 1.29 is 13.7 Å². The van der Waals surface area contributed by atoms with E-state index in [0.29, 0.717) is 12.6 Å². The van der Waals surface area contributed by atoms with E-state index >= 15 is 0 Å². The highest BCUT2D eigenvalue weighted by Gasteiger charge is 2.37. The number of hydrogen-bond donors (Lipinski definition) is 1. The first-order chi connectivity index (χ1) is 7.91. The van der Waals surface area contributed by atoms with Crippen molar-refractivity contribution >= 4 is 11.4 Å². The maximum atomic E-state index is 13.3. The van der Waals surface area contributed by atoms with Gasteiger partial charge in [-0.05, 0) is 18.3 Å². The molecule has 1 aromatic rings. The summed E-state index contributed by atoms with van der Waals surface area (Å²) in [6.45, 7) is 2.50. The molecule has 1 aromatic carbocycles. The van der Waals surface area contributed by atoms with Crippen LogP contribution in [-0.4, -0.2) is 11.5 Å². The minimum Gasteiger partial charge on any atom is -0.379 e. The van der Waals surface area contributed by atoms with Crippen LogP contribution in [0.15, 0.2) is 12.1 Å². The highest BCUT2D eigenvalue weighted by atomic mass is 19.1. The standard InChI is InChI=1S/C11H12F2N2O2/c1-11(2-3-11)6-14-9-5-7(12)4-8(13)10(9)15(16)17/h4-5,14H,2-3,6H2,1H3. The Kier molecular flexibility index (Phi) is 2.73. The molecule has 0 spiro atoms. The van der Waals surface area contributed by atoms with Crippen LogP contribution in [0.2, 0.25) is 0 Å². The molecule has 0 aromatic heterocycles. The molecule has 0 atom stereocenters. The molecular weight excluding hydrogens is 230 g/mol. The van der Waals surface area contributed by atoms with Crippen molar-refractivity contribution in [2.75, 3.05) is 11.9 Å². The molecule has 1 saturated carbocycles. The molecule has 17 heavy (non-hydrogen) atoms. The highest BCUT2D eigenvalue weighted by molar-refractivity contribution is 5.62. The van der Waals surface area contributed by atoms with Crippen LogP contribution in [-0.2, 0) is 0 Å². The first kappa shape index (κ1) is 11.8. The minimum atomic E-state index is -1.15. The van der Waals surface area contributed by atoms with E-state index in [4.69, 9.17) is 0 Å². The fraction of sp³-hybridized carbons (Fsp3) is 0.455. The van der Waals surface area contributed by atoms with Gasteiger partial charge in [-0.1, -0.05) is 6.92 Å². The second kappa shape index (κ2) is 3.94. The number of nitro benzene ring substituents is 1. The summed E-state index contributed by atoms with van der Waals surface area (Å²) in [6, 6.07) is 1.47. The number of anilines is 1. The zero-order valence-electron chi connectivity index (χ0n) is 9.30. The van der Waals surface area contributed by atoms with Crippen LogP contribution in [0, 0.1) is 27.2 Å². The van der Waals surface area contributed by atoms with Gasteiger partial charge >= 0.3 is 5.69 Å². The minimum absolute atomic E-state index is 0.0939. The molecule has 6 heteroatoms. The Hall–Kier alpha value is -1.72. The summed E-state index contributed by atoms with van der Waals surface area (Å²) < 4.78 is 26.3. The fourth-order valence-corrected chi connectivity index (χ4v) is 1.59. The van der Waals surface area contributed by atoms with E-state index in [0.717, 1.165) is 18.9 Å². The molecule has 0 radical (unpaired) electrons. The lowest BCUT2D eigenvalue weighted by Crippen LogP contribution is -2.13. The van der Waals surface area contributed by atoms with Gasteiger partial charge in [0.2, 0.25) is 5.82 Å². The molecule has 2 rings (SSSR count). The Morgan fingerprint density at radius 2 is 2.12 bits per heavy atom. The maximum Gasteiger partial charge on any atom is 0.327 e. The lowest BCUT2D eigenvalue weighted by Gasteiger charge is -2.11. The molecule has 0 bridgehead atoms. The lowest BCUT2D eigenvalue weighted by molar-refractivity contribution is -0.386. The molecule has 0 amide bonds. The van der Waals surface area contributed by atoms with Crippen LogP contribution >= 0.6 is 0 Å². The number of nitrogens with one attached hydrogen (secondary N) is 1. The fourth-order valence-electron chi connectivity index (χ4n) is 1.59. The van der Waals surface area contributed by atoms with Crippen LogP contribution in [0.3, 0.4) is 0 Å². The summed E-state index contributed by atoms with van der Waals surface area (Å²) >= 11 is 0. The number of nitro groups is 1. The normalized spacial score (nSPS) is 16.6. The van der Waals surface area contributed by atoms with Crippen molar-refractivity contribution in [2.45, 2.75) is 19.8 Å². The summed E-state index contributed by atoms with van der Waals surface area (Å²) in [7, 11) is 0. The van der Waals surface area contributed by atoms with Gasteiger partial charge in [-0.2, -0.15) is 4.39 Å². The molecule has 0 unspecified atom stereocenters. The second-order valence-electron chi connectivity index (χ2n) is 4.71. The summed E-state index contributed by atoms with van der Waals surface area (Å²) in [5, 5.41) is 13.5. The average molecular weight is 242 g/mol. The number of rotatable bonds is 4. The summed E-state index contributed by atoms with van der Waals surface area (Å²) in [5.74, 6) is -1.98. The van der Waals surface area contributed by atoms with Gasteiger partial charge in [-0.15, -0.1) is 0 Å². The third-order valence-corrected chi connectivity index (χ3v) is 3.02. The first-order valence-corrected chi connectivity index (χ1v) is 5.29. The Labute approximate surface area is 96.8 Å². The van der Waals surface area contributed by atoms with Crippen molar-refractivity contribution in [1.82, 2.24) is 0 Å². The van der Waals surface area contributed by atoms with E-state index in [2.05, 4.69) is 5.32 Å². The molecule has 1 aliphatic rings. The van der Waals surface area contributed by atoms with Crippen molar-refractivity contribution in [2.24, 2.45) is 5.41 Å². The van der Waals surface area contributed by atoms with Crippen molar-refractivity contribution in [3.63, 3.8) is 0 Å². The van der Waals surface area contributed by atoms with E-state index in [9.17, 15) is 18.9 Å². The number of benzene rings is 1. The Balaban J connectivity index is 2.26. The average Bonchev–Trinajstić information content (AvgIpc) is 2.92. The molecule has 0 heterocycles. The Morgan fingerprint density at radius 1 is 1.47 bits per heavy atom. The molecule has 0 aliphatic heterocycles. The van der Waals surface area contributed by atoms with E-state index < -0.39 is 22.2 Å². The first-order valence-electron chi connectivity index (χ1n) is 5.29. The van der Waals surface area contributed by atoms with Crippen molar-refractivity contribution in [3.05, 3.63) is 33.9 Å². The van der Waals surface area contributed by atoms with Crippen molar-refractivity contribution in [1.29, 1.82) is 0 Å². The monoisotopic (exact) mass is 242 g/mol.